The van der Waals surface area contributed by atoms with Crippen LogP contribution in [0.3, 0.4) is 0 Å². The second-order valence-corrected chi connectivity index (χ2v) is 4.06. The molecule has 1 aromatic rings. The first kappa shape index (κ1) is 13.4. The van der Waals surface area contributed by atoms with Crippen molar-refractivity contribution in [1.29, 1.82) is 0 Å². The van der Waals surface area contributed by atoms with Crippen LogP contribution in [0.4, 0.5) is 4.39 Å². The smallest absolute Gasteiger partial charge is 0.172 e. The van der Waals surface area contributed by atoms with Gasteiger partial charge in [0.15, 0.2) is 11.5 Å². The van der Waals surface area contributed by atoms with Crippen LogP contribution in [0.1, 0.15) is 6.92 Å². The second kappa shape index (κ2) is 5.71. The molecule has 0 aromatic heterocycles. The highest BCUT2D eigenvalue weighted by molar-refractivity contribution is 5.47. The summed E-state index contributed by atoms with van der Waals surface area (Å²) in [7, 11) is 0. The van der Waals surface area contributed by atoms with Crippen molar-refractivity contribution in [3.63, 3.8) is 0 Å². The second-order valence-electron chi connectivity index (χ2n) is 4.06. The minimum Gasteiger partial charge on any atom is -0.480 e. The first-order chi connectivity index (χ1) is 9.19. The third-order valence-electron chi connectivity index (χ3n) is 2.78. The van der Waals surface area contributed by atoms with E-state index in [0.29, 0.717) is 17.3 Å². The lowest BCUT2D eigenvalue weighted by atomic mass is 10.1. The number of halogens is 1. The highest BCUT2D eigenvalue weighted by Crippen LogP contribution is 2.35. The third kappa shape index (κ3) is 2.69. The van der Waals surface area contributed by atoms with E-state index in [4.69, 9.17) is 15.2 Å². The number of fused-ring (bicyclic) bond motifs is 1. The molecule has 0 bridgehead atoms. The summed E-state index contributed by atoms with van der Waals surface area (Å²) in [6.07, 6.45) is 4.89. The Hall–Kier alpha value is -2.07. The van der Waals surface area contributed by atoms with Crippen molar-refractivity contribution in [2.45, 2.75) is 13.0 Å². The van der Waals surface area contributed by atoms with Gasteiger partial charge in [0.25, 0.3) is 0 Å². The van der Waals surface area contributed by atoms with Gasteiger partial charge in [-0.25, -0.2) is 4.39 Å². The molecular formula is C15H16FNO2. The fraction of sp³-hybridized carbons (Fsp3) is 0.200. The number of hydrogen-bond acceptors (Lipinski definition) is 3. The molecule has 19 heavy (non-hydrogen) atoms. The molecule has 100 valence electrons. The summed E-state index contributed by atoms with van der Waals surface area (Å²) in [4.78, 5) is 0. The molecule has 1 aliphatic rings. The van der Waals surface area contributed by atoms with E-state index in [0.717, 1.165) is 5.57 Å². The molecular weight excluding hydrogens is 245 g/mol. The molecule has 0 amide bonds. The summed E-state index contributed by atoms with van der Waals surface area (Å²) in [5.74, 6) is 0.991. The van der Waals surface area contributed by atoms with Gasteiger partial charge in [-0.15, -0.1) is 0 Å². The van der Waals surface area contributed by atoms with E-state index in [1.807, 2.05) is 13.0 Å². The summed E-state index contributed by atoms with van der Waals surface area (Å²) < 4.78 is 24.8. The quantitative estimate of drug-likeness (QED) is 0.909. The summed E-state index contributed by atoms with van der Waals surface area (Å²) in [5, 5.41) is 0. The van der Waals surface area contributed by atoms with Gasteiger partial charge in [-0.1, -0.05) is 18.7 Å². The summed E-state index contributed by atoms with van der Waals surface area (Å²) >= 11 is 0. The van der Waals surface area contributed by atoms with E-state index in [2.05, 4.69) is 6.58 Å². The standard InChI is InChI=1S/C15H16FNO2/c1-3-5-12-11(4-2)15(9-17)19-13-7-6-10(16)8-14(13)18-12/h3-8,15H,2,9,17H2,1H3/b5-3-. The van der Waals surface area contributed by atoms with Gasteiger partial charge in [-0.3, -0.25) is 0 Å². The number of allylic oxidation sites excluding steroid dienone is 2. The molecule has 1 aliphatic heterocycles. The topological polar surface area (TPSA) is 44.5 Å². The van der Waals surface area contributed by atoms with Crippen molar-refractivity contribution in [1.82, 2.24) is 0 Å². The van der Waals surface area contributed by atoms with E-state index in [-0.39, 0.29) is 18.5 Å². The van der Waals surface area contributed by atoms with Gasteiger partial charge in [0.1, 0.15) is 17.7 Å². The Balaban J connectivity index is 2.54. The molecule has 0 aliphatic carbocycles. The zero-order chi connectivity index (χ0) is 13.8. The zero-order valence-electron chi connectivity index (χ0n) is 10.7. The van der Waals surface area contributed by atoms with Crippen LogP contribution in [0.25, 0.3) is 0 Å². The number of nitrogens with two attached hydrogens (primary N) is 1. The summed E-state index contributed by atoms with van der Waals surface area (Å²) in [5.41, 5.74) is 6.47. The molecule has 0 fully saturated rings. The van der Waals surface area contributed by atoms with E-state index in [1.54, 1.807) is 12.2 Å². The normalized spacial score (nSPS) is 18.6. The van der Waals surface area contributed by atoms with Crippen LogP contribution in [0, 0.1) is 5.82 Å². The lowest BCUT2D eigenvalue weighted by molar-refractivity contribution is 0.249. The number of hydrogen-bond donors (Lipinski definition) is 1. The minimum absolute atomic E-state index is 0.280. The zero-order valence-corrected chi connectivity index (χ0v) is 10.7. The van der Waals surface area contributed by atoms with Gasteiger partial charge < -0.3 is 15.2 Å². The van der Waals surface area contributed by atoms with Gasteiger partial charge in [-0.2, -0.15) is 0 Å². The average Bonchev–Trinajstić information content (AvgIpc) is 2.54. The lowest BCUT2D eigenvalue weighted by Crippen LogP contribution is -2.28. The molecule has 0 spiro atoms. The fourth-order valence-corrected chi connectivity index (χ4v) is 1.90. The Morgan fingerprint density at radius 3 is 2.84 bits per heavy atom. The molecule has 4 heteroatoms. The van der Waals surface area contributed by atoms with Crippen LogP contribution in [0.2, 0.25) is 0 Å². The van der Waals surface area contributed by atoms with Gasteiger partial charge in [0.2, 0.25) is 0 Å². The molecule has 1 heterocycles. The molecule has 3 nitrogen and oxygen atoms in total. The van der Waals surface area contributed by atoms with Crippen molar-refractivity contribution in [2.24, 2.45) is 5.73 Å². The first-order valence-corrected chi connectivity index (χ1v) is 6.03. The molecule has 0 saturated heterocycles. The van der Waals surface area contributed by atoms with Crippen molar-refractivity contribution in [3.05, 3.63) is 60.2 Å². The SMILES string of the molecule is C=CC1=C(/C=C\C)Oc2cc(F)ccc2OC1CN. The van der Waals surface area contributed by atoms with Crippen LogP contribution < -0.4 is 15.2 Å². The highest BCUT2D eigenvalue weighted by Gasteiger charge is 2.23. The molecule has 1 unspecified atom stereocenters. The van der Waals surface area contributed by atoms with Crippen molar-refractivity contribution in [3.8, 4) is 11.5 Å². The Morgan fingerprint density at radius 1 is 1.42 bits per heavy atom. The molecule has 0 saturated carbocycles. The summed E-state index contributed by atoms with van der Waals surface area (Å²) in [6.45, 7) is 5.90. The maximum Gasteiger partial charge on any atom is 0.172 e. The van der Waals surface area contributed by atoms with Crippen molar-refractivity contribution >= 4 is 0 Å². The largest absolute Gasteiger partial charge is 0.480 e. The molecule has 0 radical (unpaired) electrons. The van der Waals surface area contributed by atoms with Crippen molar-refractivity contribution in [2.75, 3.05) is 6.54 Å². The van der Waals surface area contributed by atoms with Gasteiger partial charge in [0.05, 0.1) is 0 Å². The van der Waals surface area contributed by atoms with Gasteiger partial charge in [0, 0.05) is 18.2 Å². The highest BCUT2D eigenvalue weighted by atomic mass is 19.1. The Morgan fingerprint density at radius 2 is 2.21 bits per heavy atom. The number of ether oxygens (including phenoxy) is 2. The average molecular weight is 261 g/mol. The fourth-order valence-electron chi connectivity index (χ4n) is 1.90. The van der Waals surface area contributed by atoms with E-state index >= 15 is 0 Å². The molecule has 1 aromatic carbocycles. The van der Waals surface area contributed by atoms with E-state index < -0.39 is 0 Å². The predicted octanol–water partition coefficient (Wildman–Crippen LogP) is 2.94. The minimum atomic E-state index is -0.381. The predicted molar refractivity (Wildman–Crippen MR) is 72.5 cm³/mol. The number of rotatable bonds is 3. The van der Waals surface area contributed by atoms with Crippen LogP contribution in [-0.2, 0) is 0 Å². The van der Waals surface area contributed by atoms with Gasteiger partial charge in [-0.05, 0) is 25.1 Å². The molecule has 2 rings (SSSR count). The van der Waals surface area contributed by atoms with Crippen LogP contribution in [0.15, 0.2) is 54.3 Å². The maximum atomic E-state index is 13.3. The van der Waals surface area contributed by atoms with Crippen LogP contribution in [0.5, 0.6) is 11.5 Å². The van der Waals surface area contributed by atoms with Crippen LogP contribution >= 0.6 is 0 Å². The van der Waals surface area contributed by atoms with Gasteiger partial charge >= 0.3 is 0 Å². The Bertz CT molecular complexity index is 549. The van der Waals surface area contributed by atoms with Crippen molar-refractivity contribution < 1.29 is 13.9 Å². The Labute approximate surface area is 111 Å². The first-order valence-electron chi connectivity index (χ1n) is 6.03. The third-order valence-corrected chi connectivity index (χ3v) is 2.78. The van der Waals surface area contributed by atoms with E-state index in [9.17, 15) is 4.39 Å². The monoisotopic (exact) mass is 261 g/mol. The number of benzene rings is 1. The molecule has 2 N–H and O–H groups in total. The van der Waals surface area contributed by atoms with Crippen LogP contribution in [-0.4, -0.2) is 12.6 Å². The maximum absolute atomic E-state index is 13.3. The lowest BCUT2D eigenvalue weighted by Gasteiger charge is -2.16. The Kier molecular flexibility index (Phi) is 4.02. The van der Waals surface area contributed by atoms with E-state index in [1.165, 1.54) is 18.2 Å². The summed E-state index contributed by atoms with van der Waals surface area (Å²) in [6, 6.07) is 4.15. The molecule has 1 atom stereocenters.